The first kappa shape index (κ1) is 19.9. The molecule has 0 aromatic carbocycles. The smallest absolute Gasteiger partial charge is 0.134 e. The Hall–Kier alpha value is -0.400. The summed E-state index contributed by atoms with van der Waals surface area (Å²) in [6, 6.07) is 0. The van der Waals surface area contributed by atoms with Gasteiger partial charge in [0, 0.05) is 0 Å². The molecule has 140 valence electrons. The first-order valence-corrected chi connectivity index (χ1v) is 10.5. The average molecular weight is 341 g/mol. The van der Waals surface area contributed by atoms with E-state index in [1.54, 1.807) is 0 Å². The Labute approximate surface area is 148 Å². The minimum Gasteiger partial charge on any atom is -0.244 e. The van der Waals surface area contributed by atoms with Crippen LogP contribution in [0.5, 0.6) is 0 Å². The molecule has 0 heterocycles. The van der Waals surface area contributed by atoms with Gasteiger partial charge in [-0.2, -0.15) is 0 Å². The zero-order valence-electron chi connectivity index (χ0n) is 15.9. The Balaban J connectivity index is 1.69. The molecule has 2 aliphatic rings. The van der Waals surface area contributed by atoms with Crippen LogP contribution in [0.15, 0.2) is 12.7 Å². The molecule has 0 radical (unpaired) electrons. The van der Waals surface area contributed by atoms with Crippen molar-refractivity contribution < 1.29 is 8.78 Å². The molecular weight excluding hydrogens is 302 g/mol. The second-order valence-electron chi connectivity index (χ2n) is 8.60. The Morgan fingerprint density at radius 2 is 1.71 bits per heavy atom. The molecule has 2 saturated carbocycles. The van der Waals surface area contributed by atoms with Crippen LogP contribution in [0.4, 0.5) is 8.78 Å². The fraction of sp³-hybridized carbons (Fsp3) is 0.909. The van der Waals surface area contributed by atoms with Crippen LogP contribution in [0.3, 0.4) is 0 Å². The number of alkyl halides is 2. The predicted molar refractivity (Wildman–Crippen MR) is 99.6 cm³/mol. The lowest BCUT2D eigenvalue weighted by atomic mass is 9.67. The first-order chi connectivity index (χ1) is 11.6. The van der Waals surface area contributed by atoms with Gasteiger partial charge in [0.15, 0.2) is 0 Å². The summed E-state index contributed by atoms with van der Waals surface area (Å²) in [7, 11) is 0. The van der Waals surface area contributed by atoms with Crippen molar-refractivity contribution in [3.8, 4) is 0 Å². The van der Waals surface area contributed by atoms with Gasteiger partial charge < -0.3 is 0 Å². The molecule has 4 unspecified atom stereocenters. The van der Waals surface area contributed by atoms with Crippen molar-refractivity contribution in [3.63, 3.8) is 0 Å². The monoisotopic (exact) mass is 340 g/mol. The van der Waals surface area contributed by atoms with E-state index in [1.807, 2.05) is 6.92 Å². The summed E-state index contributed by atoms with van der Waals surface area (Å²) in [5.41, 5.74) is 0. The minimum atomic E-state index is -1.23. The standard InChI is InChI=1S/C22H38F2/c1-4-7-17(5-2)8-6-9-18-11-13-19(14-12-18)20-15-10-16(3)21(23)22(20)24/h5,16-22H,2,4,6-15H2,1,3H3/t16?,17?,18?,19?,20-,21?,22?/m0/s1. The third kappa shape index (κ3) is 5.30. The highest BCUT2D eigenvalue weighted by atomic mass is 19.2. The van der Waals surface area contributed by atoms with Crippen LogP contribution >= 0.6 is 0 Å². The Morgan fingerprint density at radius 3 is 2.33 bits per heavy atom. The summed E-state index contributed by atoms with van der Waals surface area (Å²) in [6.45, 7) is 8.06. The molecule has 5 atom stereocenters. The molecule has 24 heavy (non-hydrogen) atoms. The third-order valence-corrected chi connectivity index (χ3v) is 6.89. The molecule has 0 bridgehead atoms. The number of halogens is 2. The van der Waals surface area contributed by atoms with E-state index >= 15 is 0 Å². The highest BCUT2D eigenvalue weighted by molar-refractivity contribution is 4.91. The van der Waals surface area contributed by atoms with Crippen molar-refractivity contribution in [3.05, 3.63) is 12.7 Å². The van der Waals surface area contributed by atoms with Crippen molar-refractivity contribution in [1.29, 1.82) is 0 Å². The van der Waals surface area contributed by atoms with Crippen LogP contribution in [0.25, 0.3) is 0 Å². The Bertz CT molecular complexity index is 359. The second kappa shape index (κ2) is 9.92. The highest BCUT2D eigenvalue weighted by Gasteiger charge is 2.42. The molecule has 0 aromatic rings. The summed E-state index contributed by atoms with van der Waals surface area (Å²) >= 11 is 0. The second-order valence-corrected chi connectivity index (χ2v) is 8.60. The number of rotatable bonds is 8. The van der Waals surface area contributed by atoms with Gasteiger partial charge in [0.1, 0.15) is 12.3 Å². The Morgan fingerprint density at radius 1 is 1.00 bits per heavy atom. The van der Waals surface area contributed by atoms with Crippen LogP contribution in [0.1, 0.15) is 84.5 Å². The molecule has 2 rings (SSSR count). The number of hydrogen-bond acceptors (Lipinski definition) is 0. The zero-order chi connectivity index (χ0) is 17.5. The summed E-state index contributed by atoms with van der Waals surface area (Å²) in [5, 5.41) is 0. The van der Waals surface area contributed by atoms with Crippen LogP contribution < -0.4 is 0 Å². The van der Waals surface area contributed by atoms with E-state index in [0.29, 0.717) is 11.8 Å². The molecule has 2 heteroatoms. The molecule has 2 aliphatic carbocycles. The van der Waals surface area contributed by atoms with Crippen LogP contribution in [0.2, 0.25) is 0 Å². The van der Waals surface area contributed by atoms with Gasteiger partial charge >= 0.3 is 0 Å². The summed E-state index contributed by atoms with van der Waals surface area (Å²) in [4.78, 5) is 0. The predicted octanol–water partition coefficient (Wildman–Crippen LogP) is 7.29. The summed E-state index contributed by atoms with van der Waals surface area (Å²) < 4.78 is 28.4. The van der Waals surface area contributed by atoms with Gasteiger partial charge in [0.25, 0.3) is 0 Å². The normalized spacial score (nSPS) is 38.7. The summed E-state index contributed by atoms with van der Waals surface area (Å²) in [6.07, 6.45) is 12.5. The Kier molecular flexibility index (Phi) is 8.23. The van der Waals surface area contributed by atoms with Gasteiger partial charge in [0.2, 0.25) is 0 Å². The van der Waals surface area contributed by atoms with Crippen LogP contribution in [0, 0.1) is 29.6 Å². The SMILES string of the molecule is C=CC(CCC)CCCC1CCC([C@@H]2CCC(C)C(F)C2F)CC1. The fourth-order valence-corrected chi connectivity index (χ4v) is 5.14. The molecule has 0 aliphatic heterocycles. The van der Waals surface area contributed by atoms with Gasteiger partial charge in [0.05, 0.1) is 0 Å². The topological polar surface area (TPSA) is 0 Å². The molecule has 0 aromatic heterocycles. The first-order valence-electron chi connectivity index (χ1n) is 10.5. The van der Waals surface area contributed by atoms with Gasteiger partial charge in [-0.1, -0.05) is 52.0 Å². The van der Waals surface area contributed by atoms with E-state index in [2.05, 4.69) is 19.6 Å². The molecule has 0 N–H and O–H groups in total. The molecule has 0 spiro atoms. The maximum absolute atomic E-state index is 14.4. The molecular formula is C22H38F2. The van der Waals surface area contributed by atoms with Crippen molar-refractivity contribution in [2.75, 3.05) is 0 Å². The lowest BCUT2D eigenvalue weighted by molar-refractivity contribution is -0.00672. The van der Waals surface area contributed by atoms with Gasteiger partial charge in [-0.25, -0.2) is 8.78 Å². The lowest BCUT2D eigenvalue weighted by Crippen LogP contribution is -2.41. The minimum absolute atomic E-state index is 0.00755. The molecule has 0 saturated heterocycles. The van der Waals surface area contributed by atoms with E-state index in [1.165, 1.54) is 44.9 Å². The largest absolute Gasteiger partial charge is 0.244 e. The van der Waals surface area contributed by atoms with E-state index in [-0.39, 0.29) is 11.8 Å². The molecule has 0 amide bonds. The van der Waals surface area contributed by atoms with Gasteiger partial charge in [-0.05, 0) is 68.1 Å². The van der Waals surface area contributed by atoms with Crippen molar-refractivity contribution in [1.82, 2.24) is 0 Å². The maximum atomic E-state index is 14.4. The van der Waals surface area contributed by atoms with E-state index in [0.717, 1.165) is 31.6 Å². The van der Waals surface area contributed by atoms with Crippen LogP contribution in [-0.4, -0.2) is 12.3 Å². The van der Waals surface area contributed by atoms with E-state index in [9.17, 15) is 8.78 Å². The van der Waals surface area contributed by atoms with Crippen molar-refractivity contribution in [2.24, 2.45) is 29.6 Å². The fourth-order valence-electron chi connectivity index (χ4n) is 5.14. The summed E-state index contributed by atoms with van der Waals surface area (Å²) in [5.74, 6) is 1.84. The van der Waals surface area contributed by atoms with E-state index < -0.39 is 12.3 Å². The van der Waals surface area contributed by atoms with Gasteiger partial charge in [-0.3, -0.25) is 0 Å². The average Bonchev–Trinajstić information content (AvgIpc) is 2.60. The maximum Gasteiger partial charge on any atom is 0.134 e. The highest BCUT2D eigenvalue weighted by Crippen LogP contribution is 2.44. The van der Waals surface area contributed by atoms with Crippen LogP contribution in [-0.2, 0) is 0 Å². The van der Waals surface area contributed by atoms with Gasteiger partial charge in [-0.15, -0.1) is 6.58 Å². The number of allylic oxidation sites excluding steroid dienone is 1. The number of hydrogen-bond donors (Lipinski definition) is 0. The quantitative estimate of drug-likeness (QED) is 0.407. The van der Waals surface area contributed by atoms with Crippen molar-refractivity contribution >= 4 is 0 Å². The lowest BCUT2D eigenvalue weighted by Gasteiger charge is -2.40. The molecule has 2 fully saturated rings. The third-order valence-electron chi connectivity index (χ3n) is 6.89. The van der Waals surface area contributed by atoms with E-state index in [4.69, 9.17) is 0 Å². The zero-order valence-corrected chi connectivity index (χ0v) is 15.9. The van der Waals surface area contributed by atoms with Crippen molar-refractivity contribution in [2.45, 2.75) is 96.8 Å². The molecule has 0 nitrogen and oxygen atoms in total.